The van der Waals surface area contributed by atoms with E-state index in [9.17, 15) is 9.18 Å². The molecule has 0 radical (unpaired) electrons. The number of benzene rings is 1. The number of ketones is 1. The number of carbonyl (C=O) groups excluding carboxylic acids is 1. The summed E-state index contributed by atoms with van der Waals surface area (Å²) in [4.78, 5) is 11.6. The molecule has 78 valence electrons. The molecule has 2 nitrogen and oxygen atoms in total. The van der Waals surface area contributed by atoms with Crippen molar-refractivity contribution in [1.82, 2.24) is 0 Å². The van der Waals surface area contributed by atoms with Crippen LogP contribution in [-0.2, 0) is 0 Å². The minimum absolute atomic E-state index is 0.117. The number of nitriles is 1. The van der Waals surface area contributed by atoms with Gasteiger partial charge in [-0.2, -0.15) is 5.26 Å². The summed E-state index contributed by atoms with van der Waals surface area (Å²) < 4.78 is 13.5. The minimum Gasteiger partial charge on any atom is -0.294 e. The van der Waals surface area contributed by atoms with Crippen LogP contribution in [0.25, 0.3) is 0 Å². The lowest BCUT2D eigenvalue weighted by Crippen LogP contribution is -2.05. The molecule has 0 heterocycles. The number of nitrogens with zero attached hydrogens (tertiary/aromatic N) is 1. The van der Waals surface area contributed by atoms with Crippen molar-refractivity contribution in [3.63, 3.8) is 0 Å². The second-order valence-electron chi connectivity index (χ2n) is 3.32. The minimum atomic E-state index is -0.461. The topological polar surface area (TPSA) is 40.9 Å². The first-order valence-corrected chi connectivity index (χ1v) is 5.21. The lowest BCUT2D eigenvalue weighted by molar-refractivity contribution is 0.0972. The fraction of sp³-hybridized carbons (Fsp3) is 0.273. The fourth-order valence-corrected chi connectivity index (χ4v) is 1.62. The maximum atomic E-state index is 13.0. The van der Waals surface area contributed by atoms with E-state index in [4.69, 9.17) is 5.26 Å². The van der Waals surface area contributed by atoms with Crippen molar-refractivity contribution >= 4 is 21.7 Å². The largest absolute Gasteiger partial charge is 0.294 e. The molecule has 0 spiro atoms. The van der Waals surface area contributed by atoms with Crippen molar-refractivity contribution in [2.45, 2.75) is 13.3 Å². The standard InChI is InChI=1S/C11H9BrFNO/c1-7(6-14)2-11(15)8-3-9(12)5-10(13)4-8/h3-5,7H,2H2,1H3. The molecule has 1 aromatic carbocycles. The van der Waals surface area contributed by atoms with Gasteiger partial charge in [-0.3, -0.25) is 4.79 Å². The number of rotatable bonds is 3. The molecule has 0 aliphatic rings. The molecule has 4 heteroatoms. The van der Waals surface area contributed by atoms with Gasteiger partial charge in [-0.15, -0.1) is 0 Å². The van der Waals surface area contributed by atoms with Crippen LogP contribution in [0, 0.1) is 23.1 Å². The third-order valence-electron chi connectivity index (χ3n) is 1.90. The van der Waals surface area contributed by atoms with E-state index in [1.807, 2.05) is 6.07 Å². The molecule has 0 fully saturated rings. The average Bonchev–Trinajstić information content (AvgIpc) is 2.16. The highest BCUT2D eigenvalue weighted by Gasteiger charge is 2.12. The van der Waals surface area contributed by atoms with E-state index in [-0.39, 0.29) is 18.1 Å². The number of halogens is 2. The van der Waals surface area contributed by atoms with Gasteiger partial charge in [-0.1, -0.05) is 15.9 Å². The van der Waals surface area contributed by atoms with Crippen LogP contribution in [0.2, 0.25) is 0 Å². The van der Waals surface area contributed by atoms with Crippen LogP contribution in [0.1, 0.15) is 23.7 Å². The maximum absolute atomic E-state index is 13.0. The summed E-state index contributed by atoms with van der Waals surface area (Å²) in [6.07, 6.45) is 0.117. The molecule has 0 aliphatic heterocycles. The Balaban J connectivity index is 2.88. The van der Waals surface area contributed by atoms with Gasteiger partial charge in [0, 0.05) is 16.5 Å². The lowest BCUT2D eigenvalue weighted by Gasteiger charge is -2.03. The van der Waals surface area contributed by atoms with E-state index >= 15 is 0 Å². The Morgan fingerprint density at radius 2 is 2.27 bits per heavy atom. The number of hydrogen-bond acceptors (Lipinski definition) is 2. The molecule has 0 aromatic heterocycles. The van der Waals surface area contributed by atoms with Crippen LogP contribution in [0.4, 0.5) is 4.39 Å². The van der Waals surface area contributed by atoms with Crippen molar-refractivity contribution in [1.29, 1.82) is 5.26 Å². The smallest absolute Gasteiger partial charge is 0.164 e. The Morgan fingerprint density at radius 3 is 2.80 bits per heavy atom. The van der Waals surface area contributed by atoms with E-state index in [1.54, 1.807) is 13.0 Å². The summed E-state index contributed by atoms with van der Waals surface area (Å²) in [5.41, 5.74) is 0.295. The average molecular weight is 270 g/mol. The van der Waals surface area contributed by atoms with Crippen molar-refractivity contribution in [2.24, 2.45) is 5.92 Å². The van der Waals surface area contributed by atoms with Crippen molar-refractivity contribution < 1.29 is 9.18 Å². The molecule has 1 atom stereocenters. The zero-order valence-corrected chi connectivity index (χ0v) is 9.71. The first kappa shape index (κ1) is 11.9. The molecular formula is C11H9BrFNO. The predicted molar refractivity (Wildman–Crippen MR) is 57.8 cm³/mol. The monoisotopic (exact) mass is 269 g/mol. The van der Waals surface area contributed by atoms with Crippen molar-refractivity contribution in [2.75, 3.05) is 0 Å². The molecule has 0 aliphatic carbocycles. The van der Waals surface area contributed by atoms with E-state index in [2.05, 4.69) is 15.9 Å². The Kier molecular flexibility index (Phi) is 3.98. The highest BCUT2D eigenvalue weighted by molar-refractivity contribution is 9.10. The summed E-state index contributed by atoms with van der Waals surface area (Å²) in [6, 6.07) is 5.98. The van der Waals surface area contributed by atoms with Crippen LogP contribution < -0.4 is 0 Å². The first-order valence-electron chi connectivity index (χ1n) is 4.42. The molecule has 0 bridgehead atoms. The third-order valence-corrected chi connectivity index (χ3v) is 2.35. The van der Waals surface area contributed by atoms with Gasteiger partial charge in [0.15, 0.2) is 5.78 Å². The molecule has 0 amide bonds. The van der Waals surface area contributed by atoms with Crippen LogP contribution in [0.3, 0.4) is 0 Å². The maximum Gasteiger partial charge on any atom is 0.164 e. The zero-order valence-electron chi connectivity index (χ0n) is 8.13. The van der Waals surface area contributed by atoms with Gasteiger partial charge in [0.25, 0.3) is 0 Å². The van der Waals surface area contributed by atoms with E-state index < -0.39 is 5.82 Å². The highest BCUT2D eigenvalue weighted by Crippen LogP contribution is 2.17. The van der Waals surface area contributed by atoms with E-state index in [0.29, 0.717) is 10.0 Å². The predicted octanol–water partition coefficient (Wildman–Crippen LogP) is 3.32. The fourth-order valence-electron chi connectivity index (χ4n) is 1.16. The van der Waals surface area contributed by atoms with Gasteiger partial charge in [0.2, 0.25) is 0 Å². The van der Waals surface area contributed by atoms with Crippen LogP contribution in [0.15, 0.2) is 22.7 Å². The summed E-state index contributed by atoms with van der Waals surface area (Å²) >= 11 is 3.11. The second-order valence-corrected chi connectivity index (χ2v) is 4.23. The lowest BCUT2D eigenvalue weighted by atomic mass is 10.0. The number of carbonyl (C=O) groups is 1. The summed E-state index contributed by atoms with van der Waals surface area (Å²) in [5, 5.41) is 8.55. The second kappa shape index (κ2) is 5.04. The summed E-state index contributed by atoms with van der Waals surface area (Å²) in [7, 11) is 0. The Labute approximate surface area is 95.8 Å². The number of Topliss-reactive ketones (excluding diaryl/α,β-unsaturated/α-hetero) is 1. The highest BCUT2D eigenvalue weighted by atomic mass is 79.9. The van der Waals surface area contributed by atoms with Gasteiger partial charge < -0.3 is 0 Å². The van der Waals surface area contributed by atoms with Gasteiger partial charge >= 0.3 is 0 Å². The van der Waals surface area contributed by atoms with Crippen LogP contribution in [0.5, 0.6) is 0 Å². The molecular weight excluding hydrogens is 261 g/mol. The Hall–Kier alpha value is -1.21. The molecule has 15 heavy (non-hydrogen) atoms. The first-order chi connectivity index (χ1) is 7.02. The van der Waals surface area contributed by atoms with Crippen molar-refractivity contribution in [3.8, 4) is 6.07 Å². The van der Waals surface area contributed by atoms with E-state index in [0.717, 1.165) is 0 Å². The normalized spacial score (nSPS) is 11.9. The van der Waals surface area contributed by atoms with Gasteiger partial charge in [-0.05, 0) is 25.1 Å². The zero-order chi connectivity index (χ0) is 11.4. The molecule has 1 rings (SSSR count). The molecule has 1 aromatic rings. The molecule has 1 unspecified atom stereocenters. The molecule has 0 saturated carbocycles. The molecule has 0 N–H and O–H groups in total. The van der Waals surface area contributed by atoms with Gasteiger partial charge in [0.1, 0.15) is 5.82 Å². The Bertz CT molecular complexity index is 405. The Morgan fingerprint density at radius 1 is 1.60 bits per heavy atom. The summed E-state index contributed by atoms with van der Waals surface area (Å²) in [5.74, 6) is -1.03. The van der Waals surface area contributed by atoms with Crippen LogP contribution in [-0.4, -0.2) is 5.78 Å². The molecule has 0 saturated heterocycles. The third kappa shape index (κ3) is 3.45. The number of hydrogen-bond donors (Lipinski definition) is 0. The summed E-state index contributed by atoms with van der Waals surface area (Å²) in [6.45, 7) is 1.66. The van der Waals surface area contributed by atoms with Gasteiger partial charge in [-0.25, -0.2) is 4.39 Å². The SMILES string of the molecule is CC(C#N)CC(=O)c1cc(F)cc(Br)c1. The van der Waals surface area contributed by atoms with Crippen molar-refractivity contribution in [3.05, 3.63) is 34.1 Å². The van der Waals surface area contributed by atoms with E-state index in [1.165, 1.54) is 12.1 Å². The quantitative estimate of drug-likeness (QED) is 0.790. The van der Waals surface area contributed by atoms with Gasteiger partial charge in [0.05, 0.1) is 12.0 Å². The van der Waals surface area contributed by atoms with Crippen LogP contribution >= 0.6 is 15.9 Å².